The Morgan fingerprint density at radius 1 is 1.11 bits per heavy atom. The van der Waals surface area contributed by atoms with Crippen LogP contribution in [0, 0.1) is 5.41 Å². The molecule has 3 aliphatic rings. The Morgan fingerprint density at radius 2 is 1.79 bits per heavy atom. The highest BCUT2D eigenvalue weighted by molar-refractivity contribution is 5.89. The molecule has 2 aliphatic heterocycles. The van der Waals surface area contributed by atoms with Crippen LogP contribution in [0.15, 0.2) is 30.3 Å². The zero-order valence-corrected chi connectivity index (χ0v) is 10.8. The quantitative estimate of drug-likeness (QED) is 0.809. The number of carbonyl (C=O) groups excluding carboxylic acids is 1. The maximum Gasteiger partial charge on any atom is 0.234 e. The lowest BCUT2D eigenvalue weighted by atomic mass is 9.99. The minimum Gasteiger partial charge on any atom is -0.345 e. The van der Waals surface area contributed by atoms with Crippen molar-refractivity contribution < 1.29 is 14.3 Å². The van der Waals surface area contributed by atoms with Gasteiger partial charge in [0.15, 0.2) is 0 Å². The summed E-state index contributed by atoms with van der Waals surface area (Å²) in [6.07, 6.45) is 1.80. The molecule has 0 radical (unpaired) electrons. The Bertz CT molecular complexity index is 503. The summed E-state index contributed by atoms with van der Waals surface area (Å²) in [5.74, 6) is -0.447. The van der Waals surface area contributed by atoms with E-state index in [1.807, 2.05) is 35.2 Å². The number of amides is 1. The van der Waals surface area contributed by atoms with Crippen molar-refractivity contribution in [2.24, 2.45) is 5.41 Å². The minimum absolute atomic E-state index is 0.207. The molecule has 0 N–H and O–H groups in total. The van der Waals surface area contributed by atoms with Crippen LogP contribution in [0.3, 0.4) is 0 Å². The predicted octanol–water partition coefficient (Wildman–Crippen LogP) is 1.55. The lowest BCUT2D eigenvalue weighted by Gasteiger charge is -2.26. The fraction of sp³-hybridized carbons (Fsp3) is 0.533. The molecule has 4 nitrogen and oxygen atoms in total. The third kappa shape index (κ3) is 1.50. The second kappa shape index (κ2) is 3.81. The molecule has 0 bridgehead atoms. The summed E-state index contributed by atoms with van der Waals surface area (Å²) in [5, 5.41) is 0. The Labute approximate surface area is 112 Å². The van der Waals surface area contributed by atoms with Crippen molar-refractivity contribution in [2.45, 2.75) is 25.2 Å². The number of nitrogens with zero attached hydrogens (tertiary/aromatic N) is 1. The number of ether oxygens (including phenoxy) is 2. The molecule has 0 unspecified atom stereocenters. The molecule has 3 fully saturated rings. The topological polar surface area (TPSA) is 38.8 Å². The Hall–Kier alpha value is -1.39. The summed E-state index contributed by atoms with van der Waals surface area (Å²) in [6.45, 7) is 2.43. The van der Waals surface area contributed by atoms with Crippen LogP contribution in [0.25, 0.3) is 0 Å². The molecule has 2 spiro atoms. The highest BCUT2D eigenvalue weighted by atomic mass is 16.7. The van der Waals surface area contributed by atoms with Crippen LogP contribution in [0.2, 0.25) is 0 Å². The third-order valence-electron chi connectivity index (χ3n) is 4.54. The number of fused-ring (bicyclic) bond motifs is 1. The number of likely N-dealkylation sites (tertiary alicyclic amines) is 1. The van der Waals surface area contributed by atoms with E-state index < -0.39 is 5.79 Å². The first-order chi connectivity index (χ1) is 9.26. The Morgan fingerprint density at radius 3 is 2.42 bits per heavy atom. The van der Waals surface area contributed by atoms with Gasteiger partial charge in [-0.3, -0.25) is 4.79 Å². The summed E-state index contributed by atoms with van der Waals surface area (Å²) < 4.78 is 11.7. The molecule has 0 atom stereocenters. The fourth-order valence-electron chi connectivity index (χ4n) is 3.41. The standard InChI is InChI=1S/C15H17NO3/c17-13-14(6-7-14)15(18-8-9-19-15)11-16(13)10-12-4-2-1-3-5-12/h1-5H,6-11H2. The second-order valence-electron chi connectivity index (χ2n) is 5.68. The SMILES string of the molecule is O=C1N(Cc2ccccc2)CC2(OCCO2)C12CC2. The van der Waals surface area contributed by atoms with Gasteiger partial charge in [0.25, 0.3) is 0 Å². The molecule has 2 saturated heterocycles. The van der Waals surface area contributed by atoms with Crippen molar-refractivity contribution in [1.82, 2.24) is 4.90 Å². The summed E-state index contributed by atoms with van der Waals surface area (Å²) >= 11 is 0. The summed E-state index contributed by atoms with van der Waals surface area (Å²) in [4.78, 5) is 14.5. The number of hydrogen-bond acceptors (Lipinski definition) is 3. The molecule has 0 aromatic heterocycles. The van der Waals surface area contributed by atoms with E-state index in [1.54, 1.807) is 0 Å². The van der Waals surface area contributed by atoms with E-state index in [0.29, 0.717) is 26.3 Å². The zero-order chi connectivity index (χ0) is 12.9. The maximum atomic E-state index is 12.6. The highest BCUT2D eigenvalue weighted by Crippen LogP contribution is 2.62. The smallest absolute Gasteiger partial charge is 0.234 e. The van der Waals surface area contributed by atoms with Crippen LogP contribution in [-0.4, -0.2) is 36.4 Å². The first-order valence-electron chi connectivity index (χ1n) is 6.87. The largest absolute Gasteiger partial charge is 0.345 e. The maximum absolute atomic E-state index is 12.6. The highest BCUT2D eigenvalue weighted by Gasteiger charge is 2.73. The summed E-state index contributed by atoms with van der Waals surface area (Å²) in [5.41, 5.74) is 0.778. The summed E-state index contributed by atoms with van der Waals surface area (Å²) in [7, 11) is 0. The van der Waals surface area contributed by atoms with Crippen molar-refractivity contribution >= 4 is 5.91 Å². The first kappa shape index (κ1) is 11.4. The number of benzene rings is 1. The van der Waals surface area contributed by atoms with E-state index >= 15 is 0 Å². The first-order valence-corrected chi connectivity index (χ1v) is 6.87. The van der Waals surface area contributed by atoms with Gasteiger partial charge in [0.1, 0.15) is 5.41 Å². The van der Waals surface area contributed by atoms with Gasteiger partial charge in [-0.15, -0.1) is 0 Å². The van der Waals surface area contributed by atoms with Crippen molar-refractivity contribution in [2.75, 3.05) is 19.8 Å². The third-order valence-corrected chi connectivity index (χ3v) is 4.54. The Balaban J connectivity index is 1.60. The van der Waals surface area contributed by atoms with Crippen LogP contribution in [0.5, 0.6) is 0 Å². The van der Waals surface area contributed by atoms with Crippen LogP contribution in [-0.2, 0) is 20.8 Å². The van der Waals surface area contributed by atoms with Crippen LogP contribution in [0.1, 0.15) is 18.4 Å². The molecule has 19 heavy (non-hydrogen) atoms. The summed E-state index contributed by atoms with van der Waals surface area (Å²) in [6, 6.07) is 10.1. The van der Waals surface area contributed by atoms with Crippen molar-refractivity contribution in [1.29, 1.82) is 0 Å². The van der Waals surface area contributed by atoms with E-state index in [1.165, 1.54) is 0 Å². The van der Waals surface area contributed by atoms with Crippen molar-refractivity contribution in [3.8, 4) is 0 Å². The number of carbonyl (C=O) groups is 1. The number of hydrogen-bond donors (Lipinski definition) is 0. The zero-order valence-electron chi connectivity index (χ0n) is 10.8. The molecular weight excluding hydrogens is 242 g/mol. The van der Waals surface area contributed by atoms with Crippen LogP contribution in [0.4, 0.5) is 0 Å². The van der Waals surface area contributed by atoms with Crippen LogP contribution < -0.4 is 0 Å². The van der Waals surface area contributed by atoms with Crippen molar-refractivity contribution in [3.05, 3.63) is 35.9 Å². The molecule has 1 saturated carbocycles. The second-order valence-corrected chi connectivity index (χ2v) is 5.68. The van der Waals surface area contributed by atoms with E-state index in [0.717, 1.165) is 18.4 Å². The molecule has 1 aliphatic carbocycles. The normalized spacial score (nSPS) is 26.5. The van der Waals surface area contributed by atoms with Gasteiger partial charge in [-0.1, -0.05) is 30.3 Å². The van der Waals surface area contributed by atoms with E-state index in [2.05, 4.69) is 0 Å². The molecule has 4 rings (SSSR count). The molecule has 1 aromatic rings. The van der Waals surface area contributed by atoms with Gasteiger partial charge in [-0.05, 0) is 18.4 Å². The Kier molecular flexibility index (Phi) is 2.29. The predicted molar refractivity (Wildman–Crippen MR) is 68.2 cm³/mol. The van der Waals surface area contributed by atoms with Gasteiger partial charge < -0.3 is 14.4 Å². The average Bonchev–Trinajstić information content (AvgIpc) is 3.07. The fourth-order valence-corrected chi connectivity index (χ4v) is 3.41. The van der Waals surface area contributed by atoms with Gasteiger partial charge in [0, 0.05) is 6.54 Å². The lowest BCUT2D eigenvalue weighted by Crippen LogP contribution is -2.41. The van der Waals surface area contributed by atoms with E-state index in [9.17, 15) is 4.79 Å². The number of rotatable bonds is 2. The molecule has 1 amide bonds. The molecule has 4 heteroatoms. The molecule has 1 aromatic carbocycles. The van der Waals surface area contributed by atoms with Gasteiger partial charge >= 0.3 is 0 Å². The molecule has 100 valence electrons. The molecule has 2 heterocycles. The monoisotopic (exact) mass is 259 g/mol. The van der Waals surface area contributed by atoms with Crippen LogP contribution >= 0.6 is 0 Å². The van der Waals surface area contributed by atoms with Gasteiger partial charge in [-0.25, -0.2) is 0 Å². The average molecular weight is 259 g/mol. The van der Waals surface area contributed by atoms with E-state index in [4.69, 9.17) is 9.47 Å². The van der Waals surface area contributed by atoms with Gasteiger partial charge in [0.05, 0.1) is 19.8 Å². The minimum atomic E-state index is -0.654. The van der Waals surface area contributed by atoms with E-state index in [-0.39, 0.29) is 11.3 Å². The van der Waals surface area contributed by atoms with Crippen molar-refractivity contribution in [3.63, 3.8) is 0 Å². The van der Waals surface area contributed by atoms with Gasteiger partial charge in [-0.2, -0.15) is 0 Å². The molecular formula is C15H17NO3. The van der Waals surface area contributed by atoms with Gasteiger partial charge in [0.2, 0.25) is 11.7 Å². The lowest BCUT2D eigenvalue weighted by molar-refractivity contribution is -0.184.